The van der Waals surface area contributed by atoms with Crippen LogP contribution in [-0.2, 0) is 22.7 Å². The summed E-state index contributed by atoms with van der Waals surface area (Å²) in [5, 5.41) is 0. The van der Waals surface area contributed by atoms with Gasteiger partial charge in [-0.1, -0.05) is 60.7 Å². The molecule has 0 N–H and O–H groups in total. The van der Waals surface area contributed by atoms with Gasteiger partial charge in [0.25, 0.3) is 5.91 Å². The Kier molecular flexibility index (Phi) is 7.60. The van der Waals surface area contributed by atoms with Crippen LogP contribution in [0.3, 0.4) is 0 Å². The van der Waals surface area contributed by atoms with Gasteiger partial charge in [-0.05, 0) is 35.4 Å². The van der Waals surface area contributed by atoms with Crippen molar-refractivity contribution in [1.82, 2.24) is 9.80 Å². The zero-order valence-electron chi connectivity index (χ0n) is 19.8. The van der Waals surface area contributed by atoms with Gasteiger partial charge in [0.05, 0.1) is 19.3 Å². The Balaban J connectivity index is 1.48. The smallest absolute Gasteiger partial charge is 0.254 e. The highest BCUT2D eigenvalue weighted by Gasteiger charge is 2.35. The number of carbonyl (C=O) groups excluding carboxylic acids is 2. The molecule has 0 unspecified atom stereocenters. The summed E-state index contributed by atoms with van der Waals surface area (Å²) in [6.07, 6.45) is 0. The monoisotopic (exact) mass is 457 g/mol. The van der Waals surface area contributed by atoms with E-state index in [0.717, 1.165) is 16.8 Å². The Bertz CT molecular complexity index is 1080. The van der Waals surface area contributed by atoms with Crippen molar-refractivity contribution in [2.24, 2.45) is 0 Å². The lowest BCUT2D eigenvalue weighted by Gasteiger charge is -2.41. The third-order valence-electron chi connectivity index (χ3n) is 6.05. The molecule has 4 rings (SSSR count). The van der Waals surface area contributed by atoms with E-state index in [1.165, 1.54) is 0 Å². The fraction of sp³-hybridized carbons (Fsp3) is 0.286. The minimum absolute atomic E-state index is 0.0658. The molecule has 1 fully saturated rings. The number of anilines is 1. The maximum atomic E-state index is 13.2. The van der Waals surface area contributed by atoms with Gasteiger partial charge in [-0.15, -0.1) is 0 Å². The van der Waals surface area contributed by atoms with Gasteiger partial charge >= 0.3 is 0 Å². The molecule has 1 saturated heterocycles. The number of amides is 2. The van der Waals surface area contributed by atoms with Gasteiger partial charge in [0.1, 0.15) is 6.54 Å². The van der Waals surface area contributed by atoms with Crippen LogP contribution in [0.4, 0.5) is 5.69 Å². The highest BCUT2D eigenvalue weighted by atomic mass is 16.5. The second-order valence-electron chi connectivity index (χ2n) is 8.79. The molecular formula is C28H31N3O3. The van der Waals surface area contributed by atoms with Crippen LogP contribution in [0.25, 0.3) is 0 Å². The molecule has 0 radical (unpaired) electrons. The van der Waals surface area contributed by atoms with E-state index in [0.29, 0.717) is 31.9 Å². The zero-order chi connectivity index (χ0) is 23.9. The highest BCUT2D eigenvalue weighted by Crippen LogP contribution is 2.20. The van der Waals surface area contributed by atoms with E-state index in [4.69, 9.17) is 4.74 Å². The predicted octanol–water partition coefficient (Wildman–Crippen LogP) is 3.82. The number of hydrogen-bond acceptors (Lipinski definition) is 4. The molecule has 1 aliphatic heterocycles. The van der Waals surface area contributed by atoms with Crippen molar-refractivity contribution in [3.05, 3.63) is 102 Å². The fourth-order valence-corrected chi connectivity index (χ4v) is 4.14. The summed E-state index contributed by atoms with van der Waals surface area (Å²) in [5.41, 5.74) is 3.74. The predicted molar refractivity (Wildman–Crippen MR) is 134 cm³/mol. The summed E-state index contributed by atoms with van der Waals surface area (Å²) in [6, 6.07) is 27.1. The molecule has 0 aromatic heterocycles. The molecule has 1 heterocycles. The fourth-order valence-electron chi connectivity index (χ4n) is 4.14. The molecule has 0 aliphatic carbocycles. The molecule has 3 aromatic rings. The van der Waals surface area contributed by atoms with E-state index in [1.807, 2.05) is 109 Å². The summed E-state index contributed by atoms with van der Waals surface area (Å²) >= 11 is 0. The minimum Gasteiger partial charge on any atom is -0.378 e. The van der Waals surface area contributed by atoms with Gasteiger partial charge in [-0.2, -0.15) is 0 Å². The molecule has 0 bridgehead atoms. The molecule has 176 valence electrons. The van der Waals surface area contributed by atoms with Crippen molar-refractivity contribution >= 4 is 17.5 Å². The second-order valence-corrected chi connectivity index (χ2v) is 8.79. The highest BCUT2D eigenvalue weighted by molar-refractivity contribution is 5.97. The van der Waals surface area contributed by atoms with Gasteiger partial charge in [0, 0.05) is 38.4 Å². The number of nitrogens with zero attached hydrogens (tertiary/aromatic N) is 3. The normalized spacial score (nSPS) is 15.9. The maximum Gasteiger partial charge on any atom is 0.254 e. The third-order valence-corrected chi connectivity index (χ3v) is 6.05. The molecule has 6 nitrogen and oxygen atoms in total. The van der Waals surface area contributed by atoms with Crippen LogP contribution >= 0.6 is 0 Å². The number of ether oxygens (including phenoxy) is 1. The van der Waals surface area contributed by atoms with E-state index in [1.54, 1.807) is 4.90 Å². The standard InChI is InChI=1S/C28H31N3O3/c1-29(2)25-15-13-24(14-16-25)28(33)30-18-26(21-34-20-23-11-7-4-8-12-23)31(27(32)19-30)17-22-9-5-3-6-10-22/h3-16,26H,17-21H2,1-2H3/t26-/m1/s1. The van der Waals surface area contributed by atoms with Gasteiger partial charge < -0.3 is 19.4 Å². The summed E-state index contributed by atoms with van der Waals surface area (Å²) in [4.78, 5) is 31.9. The van der Waals surface area contributed by atoms with Crippen LogP contribution < -0.4 is 4.90 Å². The van der Waals surface area contributed by atoms with Crippen LogP contribution in [0.5, 0.6) is 0 Å². The van der Waals surface area contributed by atoms with Gasteiger partial charge in [-0.3, -0.25) is 9.59 Å². The van der Waals surface area contributed by atoms with Crippen LogP contribution in [0.1, 0.15) is 21.5 Å². The summed E-state index contributed by atoms with van der Waals surface area (Å²) in [5.74, 6) is -0.201. The van der Waals surface area contributed by atoms with Crippen molar-refractivity contribution in [3.63, 3.8) is 0 Å². The van der Waals surface area contributed by atoms with Crippen LogP contribution in [-0.4, -0.2) is 61.4 Å². The third kappa shape index (κ3) is 5.83. The van der Waals surface area contributed by atoms with Crippen molar-refractivity contribution in [3.8, 4) is 0 Å². The van der Waals surface area contributed by atoms with Crippen molar-refractivity contribution in [1.29, 1.82) is 0 Å². The number of hydrogen-bond donors (Lipinski definition) is 0. The van der Waals surface area contributed by atoms with Gasteiger partial charge in [0.2, 0.25) is 5.91 Å². The first kappa shape index (κ1) is 23.5. The van der Waals surface area contributed by atoms with Crippen LogP contribution in [0.15, 0.2) is 84.9 Å². The Hall–Kier alpha value is -3.64. The second kappa shape index (κ2) is 11.0. The first-order chi connectivity index (χ1) is 16.5. The van der Waals surface area contributed by atoms with E-state index >= 15 is 0 Å². The molecule has 2 amide bonds. The Morgan fingerprint density at radius 2 is 1.53 bits per heavy atom. The Morgan fingerprint density at radius 3 is 2.15 bits per heavy atom. The average Bonchev–Trinajstić information content (AvgIpc) is 2.86. The van der Waals surface area contributed by atoms with Crippen LogP contribution in [0.2, 0.25) is 0 Å². The first-order valence-electron chi connectivity index (χ1n) is 11.5. The number of rotatable bonds is 8. The van der Waals surface area contributed by atoms with Crippen molar-refractivity contribution < 1.29 is 14.3 Å². The van der Waals surface area contributed by atoms with E-state index in [-0.39, 0.29) is 24.4 Å². The maximum absolute atomic E-state index is 13.2. The average molecular weight is 458 g/mol. The Morgan fingerprint density at radius 1 is 0.912 bits per heavy atom. The lowest BCUT2D eigenvalue weighted by Crippen LogP contribution is -2.58. The molecule has 3 aromatic carbocycles. The molecular weight excluding hydrogens is 426 g/mol. The lowest BCUT2D eigenvalue weighted by atomic mass is 10.1. The molecule has 0 saturated carbocycles. The number of piperazine rings is 1. The lowest BCUT2D eigenvalue weighted by molar-refractivity contribution is -0.141. The van der Waals surface area contributed by atoms with E-state index < -0.39 is 0 Å². The largest absolute Gasteiger partial charge is 0.378 e. The minimum atomic E-state index is -0.227. The van der Waals surface area contributed by atoms with E-state index in [9.17, 15) is 9.59 Å². The summed E-state index contributed by atoms with van der Waals surface area (Å²) in [6.45, 7) is 1.82. The summed E-state index contributed by atoms with van der Waals surface area (Å²) < 4.78 is 6.01. The zero-order valence-corrected chi connectivity index (χ0v) is 19.8. The summed E-state index contributed by atoms with van der Waals surface area (Å²) in [7, 11) is 3.92. The SMILES string of the molecule is CN(C)c1ccc(C(=O)N2CC(=O)N(Cc3ccccc3)[C@@H](COCc3ccccc3)C2)cc1. The topological polar surface area (TPSA) is 53.1 Å². The first-order valence-corrected chi connectivity index (χ1v) is 11.5. The van der Waals surface area contributed by atoms with Crippen LogP contribution in [0, 0.1) is 0 Å². The molecule has 34 heavy (non-hydrogen) atoms. The van der Waals surface area contributed by atoms with Gasteiger partial charge in [-0.25, -0.2) is 0 Å². The number of carbonyl (C=O) groups is 2. The molecule has 1 atom stereocenters. The van der Waals surface area contributed by atoms with E-state index in [2.05, 4.69) is 0 Å². The van der Waals surface area contributed by atoms with Gasteiger partial charge in [0.15, 0.2) is 0 Å². The Labute approximate surface area is 201 Å². The van der Waals surface area contributed by atoms with Crippen molar-refractivity contribution in [2.75, 3.05) is 38.7 Å². The molecule has 0 spiro atoms. The van der Waals surface area contributed by atoms with Crippen molar-refractivity contribution in [2.45, 2.75) is 19.2 Å². The molecule has 1 aliphatic rings. The molecule has 6 heteroatoms. The quantitative estimate of drug-likeness (QED) is 0.516. The number of benzene rings is 3.